The smallest absolute Gasteiger partial charge is 0.168 e. The molecule has 0 unspecified atom stereocenters. The van der Waals surface area contributed by atoms with Gasteiger partial charge in [0.2, 0.25) is 0 Å². The van der Waals surface area contributed by atoms with E-state index in [1.807, 2.05) is 19.1 Å². The Hall–Kier alpha value is -1.26. The number of likely N-dealkylation sites (N-methyl/N-ethyl adjacent to an activating group) is 1. The van der Waals surface area contributed by atoms with Crippen LogP contribution in [0.25, 0.3) is 0 Å². The molecule has 0 spiro atoms. The van der Waals surface area contributed by atoms with Crippen LogP contribution in [0.3, 0.4) is 0 Å². The Morgan fingerprint density at radius 1 is 1.57 bits per heavy atom. The Kier molecular flexibility index (Phi) is 3.73. The average molecular weight is 193 g/mol. The minimum atomic E-state index is 0.520. The van der Waals surface area contributed by atoms with Crippen molar-refractivity contribution in [3.05, 3.63) is 29.1 Å². The highest BCUT2D eigenvalue weighted by Gasteiger charge is 2.03. The Morgan fingerprint density at radius 2 is 2.29 bits per heavy atom. The van der Waals surface area contributed by atoms with Crippen LogP contribution in [0.1, 0.15) is 21.7 Å². The quantitative estimate of drug-likeness (QED) is 0.431. The van der Waals surface area contributed by atoms with Crippen molar-refractivity contribution in [3.8, 4) is 0 Å². The molecule has 76 valence electrons. The number of hydrogen-bond acceptors (Lipinski definition) is 4. The van der Waals surface area contributed by atoms with Gasteiger partial charge in [0.15, 0.2) is 6.29 Å². The van der Waals surface area contributed by atoms with E-state index in [0.29, 0.717) is 12.2 Å². The summed E-state index contributed by atoms with van der Waals surface area (Å²) in [6, 6.07) is 3.83. The van der Waals surface area contributed by atoms with Gasteiger partial charge >= 0.3 is 0 Å². The highest BCUT2D eigenvalue weighted by molar-refractivity contribution is 5.74. The number of hydrogen-bond donors (Lipinski definition) is 1. The van der Waals surface area contributed by atoms with Gasteiger partial charge in [0.1, 0.15) is 5.69 Å². The van der Waals surface area contributed by atoms with E-state index in [2.05, 4.69) is 4.98 Å². The van der Waals surface area contributed by atoms with Gasteiger partial charge in [-0.3, -0.25) is 15.6 Å². The number of pyridine rings is 1. The summed E-state index contributed by atoms with van der Waals surface area (Å²) >= 11 is 0. The Labute approximate surface area is 83.7 Å². The number of carbonyl (C=O) groups is 1. The van der Waals surface area contributed by atoms with E-state index in [4.69, 9.17) is 5.84 Å². The van der Waals surface area contributed by atoms with Crippen molar-refractivity contribution in [1.29, 1.82) is 0 Å². The predicted octanol–water partition coefficient (Wildman–Crippen LogP) is 0.551. The van der Waals surface area contributed by atoms with Gasteiger partial charge in [-0.25, -0.2) is 5.01 Å². The fourth-order valence-electron chi connectivity index (χ4n) is 1.22. The highest BCUT2D eigenvalue weighted by atomic mass is 16.1. The second kappa shape index (κ2) is 4.83. The van der Waals surface area contributed by atoms with E-state index < -0.39 is 0 Å². The van der Waals surface area contributed by atoms with E-state index in [1.165, 1.54) is 0 Å². The van der Waals surface area contributed by atoms with Gasteiger partial charge in [-0.1, -0.05) is 6.07 Å². The van der Waals surface area contributed by atoms with Crippen molar-refractivity contribution >= 4 is 6.29 Å². The molecular weight excluding hydrogens is 178 g/mol. The summed E-state index contributed by atoms with van der Waals surface area (Å²) in [5, 5.41) is 1.59. The molecule has 1 aromatic rings. The largest absolute Gasteiger partial charge is 0.296 e. The molecule has 4 nitrogen and oxygen atoms in total. The monoisotopic (exact) mass is 193 g/mol. The molecule has 0 amide bonds. The molecule has 0 aliphatic rings. The van der Waals surface area contributed by atoms with Gasteiger partial charge < -0.3 is 0 Å². The molecule has 0 saturated carbocycles. The second-order valence-corrected chi connectivity index (χ2v) is 3.35. The number of aldehydes is 1. The maximum absolute atomic E-state index is 10.7. The molecule has 1 rings (SSSR count). The number of rotatable bonds is 4. The molecule has 1 heterocycles. The molecule has 0 aromatic carbocycles. The maximum Gasteiger partial charge on any atom is 0.168 e. The van der Waals surface area contributed by atoms with Crippen molar-refractivity contribution in [3.63, 3.8) is 0 Å². The Bertz CT molecular complexity index is 323. The van der Waals surface area contributed by atoms with E-state index in [-0.39, 0.29) is 0 Å². The fourth-order valence-corrected chi connectivity index (χ4v) is 1.22. The standard InChI is InChI=1S/C10H15N3O/c1-8-3-4-9(5-6-13(2)11)10(7-14)12-8/h3-4,7H,5-6,11H2,1-2H3. The lowest BCUT2D eigenvalue weighted by molar-refractivity contribution is 0.111. The molecular formula is C10H15N3O. The molecule has 2 N–H and O–H groups in total. The number of aromatic nitrogens is 1. The lowest BCUT2D eigenvalue weighted by Crippen LogP contribution is -2.28. The van der Waals surface area contributed by atoms with Crippen molar-refractivity contribution in [2.24, 2.45) is 5.84 Å². The Balaban J connectivity index is 2.80. The normalized spacial score (nSPS) is 10.6. The lowest BCUT2D eigenvalue weighted by Gasteiger charge is -2.10. The van der Waals surface area contributed by atoms with Gasteiger partial charge in [-0.05, 0) is 25.0 Å². The molecule has 1 aromatic heterocycles. The number of carbonyl (C=O) groups excluding carboxylic acids is 1. The molecule has 14 heavy (non-hydrogen) atoms. The van der Waals surface area contributed by atoms with Crippen molar-refractivity contribution in [2.45, 2.75) is 13.3 Å². The van der Waals surface area contributed by atoms with Crippen LogP contribution in [0, 0.1) is 6.92 Å². The van der Waals surface area contributed by atoms with Gasteiger partial charge in [0.25, 0.3) is 0 Å². The van der Waals surface area contributed by atoms with Crippen LogP contribution in [0.4, 0.5) is 0 Å². The molecule has 0 fully saturated rings. The first-order valence-corrected chi connectivity index (χ1v) is 4.51. The van der Waals surface area contributed by atoms with Crippen LogP contribution in [0.15, 0.2) is 12.1 Å². The molecule has 0 atom stereocenters. The van der Waals surface area contributed by atoms with Crippen LogP contribution >= 0.6 is 0 Å². The Morgan fingerprint density at radius 3 is 2.86 bits per heavy atom. The first kappa shape index (κ1) is 10.8. The third-order valence-corrected chi connectivity index (χ3v) is 2.00. The number of nitrogens with two attached hydrogens (primary N) is 1. The van der Waals surface area contributed by atoms with Gasteiger partial charge in [0.05, 0.1) is 0 Å². The summed E-state index contributed by atoms with van der Waals surface area (Å²) < 4.78 is 0. The third-order valence-electron chi connectivity index (χ3n) is 2.00. The summed E-state index contributed by atoms with van der Waals surface area (Å²) in [4.78, 5) is 14.9. The zero-order chi connectivity index (χ0) is 10.6. The number of hydrazine groups is 1. The van der Waals surface area contributed by atoms with E-state index in [9.17, 15) is 4.79 Å². The minimum Gasteiger partial charge on any atom is -0.296 e. The maximum atomic E-state index is 10.7. The SMILES string of the molecule is Cc1ccc(CCN(C)N)c(C=O)n1. The van der Waals surface area contributed by atoms with Crippen molar-refractivity contribution in [2.75, 3.05) is 13.6 Å². The molecule has 0 aliphatic heterocycles. The van der Waals surface area contributed by atoms with E-state index >= 15 is 0 Å². The van der Waals surface area contributed by atoms with Crippen LogP contribution in [-0.4, -0.2) is 29.9 Å². The summed E-state index contributed by atoms with van der Waals surface area (Å²) in [5.41, 5.74) is 2.33. The first-order valence-electron chi connectivity index (χ1n) is 4.51. The zero-order valence-electron chi connectivity index (χ0n) is 8.53. The first-order chi connectivity index (χ1) is 6.63. The van der Waals surface area contributed by atoms with Crippen LogP contribution in [0.5, 0.6) is 0 Å². The second-order valence-electron chi connectivity index (χ2n) is 3.35. The number of nitrogens with zero attached hydrogens (tertiary/aromatic N) is 2. The van der Waals surface area contributed by atoms with Crippen molar-refractivity contribution < 1.29 is 4.79 Å². The topological polar surface area (TPSA) is 59.2 Å². The van der Waals surface area contributed by atoms with Gasteiger partial charge in [-0.2, -0.15) is 0 Å². The predicted molar refractivity (Wildman–Crippen MR) is 54.9 cm³/mol. The van der Waals surface area contributed by atoms with Gasteiger partial charge in [0, 0.05) is 19.3 Å². The van der Waals surface area contributed by atoms with Gasteiger partial charge in [-0.15, -0.1) is 0 Å². The lowest BCUT2D eigenvalue weighted by atomic mass is 10.1. The fraction of sp³-hybridized carbons (Fsp3) is 0.400. The highest BCUT2D eigenvalue weighted by Crippen LogP contribution is 2.06. The summed E-state index contributed by atoms with van der Waals surface area (Å²) in [5.74, 6) is 5.49. The molecule has 0 bridgehead atoms. The van der Waals surface area contributed by atoms with E-state index in [1.54, 1.807) is 12.1 Å². The molecule has 0 saturated heterocycles. The van der Waals surface area contributed by atoms with Crippen LogP contribution in [-0.2, 0) is 6.42 Å². The van der Waals surface area contributed by atoms with E-state index in [0.717, 1.165) is 24.0 Å². The minimum absolute atomic E-state index is 0.520. The third kappa shape index (κ3) is 2.90. The molecule has 0 aliphatic carbocycles. The average Bonchev–Trinajstić information content (AvgIpc) is 2.15. The summed E-state index contributed by atoms with van der Waals surface area (Å²) in [7, 11) is 1.79. The molecule has 0 radical (unpaired) electrons. The molecule has 4 heteroatoms. The van der Waals surface area contributed by atoms with Crippen molar-refractivity contribution in [1.82, 2.24) is 9.99 Å². The zero-order valence-corrected chi connectivity index (χ0v) is 8.53. The summed E-state index contributed by atoms with van der Waals surface area (Å²) in [6.07, 6.45) is 1.53. The van der Waals surface area contributed by atoms with Crippen LogP contribution < -0.4 is 5.84 Å². The number of aryl methyl sites for hydroxylation is 1. The summed E-state index contributed by atoms with van der Waals surface area (Å²) in [6.45, 7) is 2.58. The van der Waals surface area contributed by atoms with Crippen LogP contribution in [0.2, 0.25) is 0 Å².